The van der Waals surface area contributed by atoms with Gasteiger partial charge in [0.25, 0.3) is 0 Å². The van der Waals surface area contributed by atoms with E-state index in [2.05, 4.69) is 4.72 Å². The van der Waals surface area contributed by atoms with Crippen LogP contribution in [0.1, 0.15) is 5.56 Å². The number of hydrogen-bond acceptors (Lipinski definition) is 5. The predicted molar refractivity (Wildman–Crippen MR) is 92.1 cm³/mol. The highest BCUT2D eigenvalue weighted by Gasteiger charge is 2.36. The first-order chi connectivity index (χ1) is 11.0. The molecule has 0 unspecified atom stereocenters. The van der Waals surface area contributed by atoms with E-state index in [1.807, 2.05) is 0 Å². The van der Waals surface area contributed by atoms with Crippen LogP contribution in [-0.2, 0) is 24.8 Å². The Labute approximate surface area is 148 Å². The third kappa shape index (κ3) is 4.27. The van der Waals surface area contributed by atoms with Gasteiger partial charge in [-0.15, -0.1) is 0 Å². The van der Waals surface area contributed by atoms with E-state index in [1.54, 1.807) is 19.1 Å². The number of halogens is 1. The molecule has 1 heterocycles. The quantitative estimate of drug-likeness (QED) is 0.768. The van der Waals surface area contributed by atoms with E-state index in [0.29, 0.717) is 10.6 Å². The largest absolute Gasteiger partial charge is 0.379 e. The first-order valence-electron chi connectivity index (χ1n) is 7.30. The minimum absolute atomic E-state index is 0.0797. The Morgan fingerprint density at radius 1 is 1.25 bits per heavy atom. The van der Waals surface area contributed by atoms with Crippen molar-refractivity contribution in [2.75, 3.05) is 33.1 Å². The summed E-state index contributed by atoms with van der Waals surface area (Å²) in [5.41, 5.74) is 0.447. The molecule has 7 nitrogen and oxygen atoms in total. The first-order valence-corrected chi connectivity index (χ1v) is 10.8. The summed E-state index contributed by atoms with van der Waals surface area (Å²) < 4.78 is 58.3. The van der Waals surface area contributed by atoms with Crippen LogP contribution in [0.4, 0.5) is 0 Å². The molecule has 2 atom stereocenters. The molecule has 1 aromatic carbocycles. The zero-order valence-corrected chi connectivity index (χ0v) is 16.1. The molecule has 0 amide bonds. The van der Waals surface area contributed by atoms with E-state index >= 15 is 0 Å². The molecule has 0 aromatic heterocycles. The maximum Gasteiger partial charge on any atom is 0.241 e. The van der Waals surface area contributed by atoms with E-state index in [0.717, 1.165) is 4.31 Å². The summed E-state index contributed by atoms with van der Waals surface area (Å²) in [7, 11) is -4.39. The van der Waals surface area contributed by atoms with Gasteiger partial charge < -0.3 is 4.74 Å². The van der Waals surface area contributed by atoms with Gasteiger partial charge in [-0.1, -0.05) is 17.7 Å². The van der Waals surface area contributed by atoms with Crippen LogP contribution >= 0.6 is 11.6 Å². The Kier molecular flexibility index (Phi) is 5.94. The van der Waals surface area contributed by atoms with Crippen LogP contribution in [0.5, 0.6) is 0 Å². The Morgan fingerprint density at radius 2 is 1.92 bits per heavy atom. The lowest BCUT2D eigenvalue weighted by atomic mass is 10.1. The molecule has 136 valence electrons. The number of benzene rings is 1. The minimum Gasteiger partial charge on any atom is -0.379 e. The van der Waals surface area contributed by atoms with E-state index in [1.165, 1.54) is 20.2 Å². The number of nitrogens with zero attached hydrogens (tertiary/aromatic N) is 1. The number of hydrogen-bond donors (Lipinski definition) is 1. The monoisotopic (exact) mass is 396 g/mol. The van der Waals surface area contributed by atoms with Crippen molar-refractivity contribution < 1.29 is 21.6 Å². The average molecular weight is 397 g/mol. The van der Waals surface area contributed by atoms with Crippen molar-refractivity contribution in [3.8, 4) is 0 Å². The summed E-state index contributed by atoms with van der Waals surface area (Å²) in [6, 6.07) is 4.03. The zero-order chi connectivity index (χ0) is 18.1. The molecule has 0 spiro atoms. The minimum atomic E-state index is -3.83. The lowest BCUT2D eigenvalue weighted by molar-refractivity contribution is 0.185. The van der Waals surface area contributed by atoms with Crippen molar-refractivity contribution in [3.63, 3.8) is 0 Å². The van der Waals surface area contributed by atoms with Gasteiger partial charge in [0.15, 0.2) is 0 Å². The highest BCUT2D eigenvalue weighted by atomic mass is 35.5. The molecule has 1 N–H and O–H groups in total. The maximum atomic E-state index is 12.6. The molecule has 2 rings (SSSR count). The molecule has 1 fully saturated rings. The van der Waals surface area contributed by atoms with Gasteiger partial charge in [0.1, 0.15) is 0 Å². The highest BCUT2D eigenvalue weighted by Crippen LogP contribution is 2.25. The van der Waals surface area contributed by atoms with E-state index in [4.69, 9.17) is 16.3 Å². The summed E-state index contributed by atoms with van der Waals surface area (Å²) >= 11 is 5.99. The van der Waals surface area contributed by atoms with Crippen LogP contribution in [0.15, 0.2) is 23.1 Å². The Balaban J connectivity index is 2.21. The molecule has 24 heavy (non-hydrogen) atoms. The average Bonchev–Trinajstić information content (AvgIpc) is 2.87. The van der Waals surface area contributed by atoms with Crippen molar-refractivity contribution >= 4 is 31.6 Å². The van der Waals surface area contributed by atoms with Gasteiger partial charge in [-0.3, -0.25) is 0 Å². The maximum absolute atomic E-state index is 12.6. The van der Waals surface area contributed by atoms with Gasteiger partial charge in [0.05, 0.1) is 29.9 Å². The SMILES string of the molecule is Cc1c(Cl)cccc1S(=O)(=O)N[C@H]1COC[C@H]1CS(=O)(=O)N(C)C. The second-order valence-electron chi connectivity index (χ2n) is 5.95. The topological polar surface area (TPSA) is 92.8 Å². The van der Waals surface area contributed by atoms with Crippen molar-refractivity contribution in [3.05, 3.63) is 28.8 Å². The lowest BCUT2D eigenvalue weighted by Gasteiger charge is -2.21. The molecule has 0 bridgehead atoms. The van der Waals surface area contributed by atoms with Gasteiger partial charge >= 0.3 is 0 Å². The van der Waals surface area contributed by atoms with Crippen molar-refractivity contribution in [2.24, 2.45) is 5.92 Å². The number of ether oxygens (including phenoxy) is 1. The number of nitrogens with one attached hydrogen (secondary N) is 1. The Bertz CT molecular complexity index is 808. The first kappa shape index (κ1) is 19.6. The van der Waals surface area contributed by atoms with Crippen molar-refractivity contribution in [1.29, 1.82) is 0 Å². The molecule has 1 aromatic rings. The summed E-state index contributed by atoms with van der Waals surface area (Å²) in [6.07, 6.45) is 0. The van der Waals surface area contributed by atoms with Crippen LogP contribution in [0.25, 0.3) is 0 Å². The molecule has 0 aliphatic carbocycles. The van der Waals surface area contributed by atoms with Crippen LogP contribution in [0, 0.1) is 12.8 Å². The van der Waals surface area contributed by atoms with Gasteiger partial charge in [-0.2, -0.15) is 0 Å². The second kappa shape index (κ2) is 7.27. The summed E-state index contributed by atoms with van der Waals surface area (Å²) in [6.45, 7) is 1.94. The second-order valence-corrected chi connectivity index (χ2v) is 10.3. The van der Waals surface area contributed by atoms with E-state index in [9.17, 15) is 16.8 Å². The van der Waals surface area contributed by atoms with E-state index < -0.39 is 32.0 Å². The molecular formula is C14H21ClN2O5S2. The lowest BCUT2D eigenvalue weighted by Crippen LogP contribution is -2.43. The molecular weight excluding hydrogens is 376 g/mol. The zero-order valence-electron chi connectivity index (χ0n) is 13.7. The molecule has 0 saturated carbocycles. The third-order valence-electron chi connectivity index (χ3n) is 3.99. The molecule has 1 aliphatic heterocycles. The molecule has 1 aliphatic rings. The smallest absolute Gasteiger partial charge is 0.241 e. The van der Waals surface area contributed by atoms with Crippen LogP contribution in [0.3, 0.4) is 0 Å². The molecule has 1 saturated heterocycles. The standard InChI is InChI=1S/C14H21ClN2O5S2/c1-10-12(15)5-4-6-14(10)24(20,21)16-13-8-22-7-11(13)9-23(18,19)17(2)3/h4-6,11,13,16H,7-9H2,1-3H3/t11-,13-/m0/s1. The van der Waals surface area contributed by atoms with Crippen molar-refractivity contribution in [2.45, 2.75) is 17.9 Å². The fraction of sp³-hybridized carbons (Fsp3) is 0.571. The number of sulfonamides is 2. The van der Waals surface area contributed by atoms with Crippen LogP contribution in [-0.4, -0.2) is 60.2 Å². The van der Waals surface area contributed by atoms with Crippen molar-refractivity contribution in [1.82, 2.24) is 9.03 Å². The van der Waals surface area contributed by atoms with Crippen LogP contribution in [0.2, 0.25) is 5.02 Å². The fourth-order valence-corrected chi connectivity index (χ4v) is 5.41. The molecule has 0 radical (unpaired) electrons. The highest BCUT2D eigenvalue weighted by molar-refractivity contribution is 7.89. The Hall–Kier alpha value is -0.710. The summed E-state index contributed by atoms with van der Waals surface area (Å²) in [4.78, 5) is 0.0797. The predicted octanol–water partition coefficient (Wildman–Crippen LogP) is 0.833. The summed E-state index contributed by atoms with van der Waals surface area (Å²) in [5.74, 6) is -0.631. The van der Waals surface area contributed by atoms with Gasteiger partial charge in [-0.05, 0) is 24.6 Å². The third-order valence-corrected chi connectivity index (χ3v) is 8.00. The fourth-order valence-electron chi connectivity index (χ4n) is 2.45. The van der Waals surface area contributed by atoms with E-state index in [-0.39, 0.29) is 23.9 Å². The van der Waals surface area contributed by atoms with Crippen LogP contribution < -0.4 is 4.72 Å². The van der Waals surface area contributed by atoms with Gasteiger partial charge in [0, 0.05) is 25.0 Å². The summed E-state index contributed by atoms with van der Waals surface area (Å²) in [5, 5.41) is 0.354. The Morgan fingerprint density at radius 3 is 2.54 bits per heavy atom. The molecule has 10 heteroatoms. The number of rotatable bonds is 6. The normalized spacial score (nSPS) is 22.2. The van der Waals surface area contributed by atoms with Gasteiger partial charge in [-0.25, -0.2) is 25.9 Å². The van der Waals surface area contributed by atoms with Gasteiger partial charge in [0.2, 0.25) is 20.0 Å².